The summed E-state index contributed by atoms with van der Waals surface area (Å²) in [5.41, 5.74) is 2.64. The maximum Gasteiger partial charge on any atom is 0.325 e. The van der Waals surface area contributed by atoms with E-state index < -0.39 is 6.03 Å². The molecule has 10 heteroatoms. The predicted octanol–water partition coefficient (Wildman–Crippen LogP) is 5.17. The van der Waals surface area contributed by atoms with E-state index >= 15 is 0 Å². The van der Waals surface area contributed by atoms with Gasteiger partial charge in [-0.3, -0.25) is 10.3 Å². The molecular formula is C26H25N7O3. The Labute approximate surface area is 206 Å². The van der Waals surface area contributed by atoms with Crippen molar-refractivity contribution in [3.8, 4) is 17.2 Å². The van der Waals surface area contributed by atoms with E-state index in [9.17, 15) is 9.59 Å². The van der Waals surface area contributed by atoms with Crippen LogP contribution < -0.4 is 21.1 Å². The van der Waals surface area contributed by atoms with Gasteiger partial charge in [0.25, 0.3) is 0 Å². The number of nitrogens with one attached hydrogen (secondary N) is 4. The highest BCUT2D eigenvalue weighted by Gasteiger charge is 2.21. The number of hydrogen-bond donors (Lipinski definition) is 4. The number of aromatic amines is 2. The van der Waals surface area contributed by atoms with Gasteiger partial charge in [-0.15, -0.1) is 0 Å². The first-order chi connectivity index (χ1) is 17.3. The summed E-state index contributed by atoms with van der Waals surface area (Å²) >= 11 is 0. The molecule has 0 saturated heterocycles. The number of rotatable bonds is 5. The van der Waals surface area contributed by atoms with Crippen LogP contribution in [-0.4, -0.2) is 30.8 Å². The molecule has 10 nitrogen and oxygen atoms in total. The van der Waals surface area contributed by atoms with E-state index in [1.807, 2.05) is 36.4 Å². The van der Waals surface area contributed by atoms with Gasteiger partial charge in [-0.1, -0.05) is 39.0 Å². The van der Waals surface area contributed by atoms with Crippen molar-refractivity contribution in [1.82, 2.24) is 24.7 Å². The third kappa shape index (κ3) is 4.83. The molecule has 0 saturated carbocycles. The van der Waals surface area contributed by atoms with Crippen LogP contribution in [-0.2, 0) is 5.41 Å². The molecule has 0 aliphatic rings. The van der Waals surface area contributed by atoms with Crippen molar-refractivity contribution in [2.75, 3.05) is 10.6 Å². The lowest BCUT2D eigenvalue weighted by Gasteiger charge is -2.14. The number of pyridine rings is 1. The molecule has 0 aliphatic heterocycles. The summed E-state index contributed by atoms with van der Waals surface area (Å²) < 4.78 is 7.61. The molecule has 0 unspecified atom stereocenters. The Morgan fingerprint density at radius 1 is 0.972 bits per heavy atom. The summed E-state index contributed by atoms with van der Waals surface area (Å²) in [4.78, 5) is 33.7. The Kier molecular flexibility index (Phi) is 5.77. The van der Waals surface area contributed by atoms with Crippen LogP contribution in [0.15, 0.2) is 77.7 Å². The van der Waals surface area contributed by atoms with Crippen LogP contribution >= 0.6 is 0 Å². The third-order valence-electron chi connectivity index (χ3n) is 5.44. The van der Waals surface area contributed by atoms with E-state index in [0.717, 1.165) is 11.4 Å². The van der Waals surface area contributed by atoms with Crippen molar-refractivity contribution < 1.29 is 9.53 Å². The van der Waals surface area contributed by atoms with E-state index in [0.29, 0.717) is 34.2 Å². The van der Waals surface area contributed by atoms with E-state index in [2.05, 4.69) is 46.4 Å². The Bertz CT molecular complexity index is 1580. The van der Waals surface area contributed by atoms with Gasteiger partial charge in [0, 0.05) is 29.4 Å². The lowest BCUT2D eigenvalue weighted by atomic mass is 9.92. The fraction of sp³-hybridized carbons (Fsp3) is 0.154. The highest BCUT2D eigenvalue weighted by Crippen LogP contribution is 2.28. The molecule has 3 heterocycles. The molecule has 5 rings (SSSR count). The number of ether oxygens (including phenoxy) is 1. The van der Waals surface area contributed by atoms with Crippen molar-refractivity contribution in [1.29, 1.82) is 0 Å². The first-order valence-electron chi connectivity index (χ1n) is 11.4. The number of fused-ring (bicyclic) bond motifs is 1. The largest absolute Gasteiger partial charge is 0.455 e. The van der Waals surface area contributed by atoms with E-state index in [4.69, 9.17) is 9.84 Å². The van der Waals surface area contributed by atoms with Gasteiger partial charge in [-0.25, -0.2) is 19.3 Å². The SMILES string of the molecule is CC(C)(C)c1cc(NC(=O)Nc2ccc(Oc3ccnc4[nH]c(=O)[nH]c34)cc2)n(-c2ccccc2)n1. The molecule has 0 bridgehead atoms. The Morgan fingerprint density at radius 2 is 1.72 bits per heavy atom. The molecule has 0 spiro atoms. The molecule has 36 heavy (non-hydrogen) atoms. The van der Waals surface area contributed by atoms with Gasteiger partial charge >= 0.3 is 11.7 Å². The summed E-state index contributed by atoms with van der Waals surface area (Å²) in [7, 11) is 0. The van der Waals surface area contributed by atoms with Crippen LogP contribution in [0.5, 0.6) is 11.5 Å². The fourth-order valence-corrected chi connectivity index (χ4v) is 3.61. The zero-order chi connectivity index (χ0) is 25.3. The number of benzene rings is 2. The van der Waals surface area contributed by atoms with Gasteiger partial charge in [0.05, 0.1) is 11.4 Å². The number of amides is 2. The second-order valence-electron chi connectivity index (χ2n) is 9.23. The number of nitrogens with zero attached hydrogens (tertiary/aromatic N) is 3. The standard InChI is InChI=1S/C26H25N7O3/c1-26(2,3)20-15-21(33(32-20)17-7-5-4-6-8-17)29-24(34)28-16-9-11-18(12-10-16)36-19-13-14-27-23-22(19)30-25(35)31-23/h4-15H,1-3H3,(H2,28,29,34)(H2,27,30,31,35). The van der Waals surface area contributed by atoms with Gasteiger partial charge in [0.1, 0.15) is 17.1 Å². The molecule has 2 amide bonds. The van der Waals surface area contributed by atoms with Crippen molar-refractivity contribution in [2.45, 2.75) is 26.2 Å². The zero-order valence-corrected chi connectivity index (χ0v) is 20.0. The molecule has 5 aromatic rings. The van der Waals surface area contributed by atoms with Crippen molar-refractivity contribution in [3.63, 3.8) is 0 Å². The van der Waals surface area contributed by atoms with Crippen molar-refractivity contribution >= 4 is 28.7 Å². The Hall–Kier alpha value is -4.86. The number of carbonyl (C=O) groups is 1. The normalized spacial score (nSPS) is 11.4. The molecule has 2 aromatic carbocycles. The molecular weight excluding hydrogens is 458 g/mol. The summed E-state index contributed by atoms with van der Waals surface area (Å²) in [6.07, 6.45) is 1.55. The quantitative estimate of drug-likeness (QED) is 0.274. The molecule has 3 aromatic heterocycles. The zero-order valence-electron chi connectivity index (χ0n) is 20.0. The monoisotopic (exact) mass is 483 g/mol. The van der Waals surface area contributed by atoms with Gasteiger partial charge in [0.15, 0.2) is 11.4 Å². The highest BCUT2D eigenvalue weighted by molar-refractivity contribution is 5.99. The Balaban J connectivity index is 1.30. The predicted molar refractivity (Wildman–Crippen MR) is 138 cm³/mol. The summed E-state index contributed by atoms with van der Waals surface area (Å²) in [5.74, 6) is 1.55. The number of carbonyl (C=O) groups excluding carboxylic acids is 1. The number of para-hydroxylation sites is 1. The van der Waals surface area contributed by atoms with E-state index in [-0.39, 0.29) is 11.1 Å². The van der Waals surface area contributed by atoms with E-state index in [1.165, 1.54) is 0 Å². The van der Waals surface area contributed by atoms with Crippen LogP contribution in [0.25, 0.3) is 16.9 Å². The van der Waals surface area contributed by atoms with Gasteiger partial charge in [0.2, 0.25) is 0 Å². The first kappa shape index (κ1) is 22.9. The van der Waals surface area contributed by atoms with Gasteiger partial charge in [-0.05, 0) is 36.4 Å². The number of hydrogen-bond acceptors (Lipinski definition) is 5. The van der Waals surface area contributed by atoms with Crippen LogP contribution in [0.2, 0.25) is 0 Å². The average molecular weight is 484 g/mol. The third-order valence-corrected chi connectivity index (χ3v) is 5.44. The summed E-state index contributed by atoms with van der Waals surface area (Å²) in [6, 6.07) is 19.7. The molecule has 0 fully saturated rings. The van der Waals surface area contributed by atoms with Gasteiger partial charge in [-0.2, -0.15) is 5.10 Å². The Morgan fingerprint density at radius 3 is 2.44 bits per heavy atom. The highest BCUT2D eigenvalue weighted by atomic mass is 16.5. The number of urea groups is 1. The smallest absolute Gasteiger partial charge is 0.325 e. The number of H-pyrrole nitrogens is 2. The molecule has 0 radical (unpaired) electrons. The lowest BCUT2D eigenvalue weighted by molar-refractivity contribution is 0.262. The van der Waals surface area contributed by atoms with Crippen LogP contribution in [0.1, 0.15) is 26.5 Å². The lowest BCUT2D eigenvalue weighted by Crippen LogP contribution is -2.21. The molecule has 4 N–H and O–H groups in total. The molecule has 0 atom stereocenters. The van der Waals surface area contributed by atoms with Crippen LogP contribution in [0.3, 0.4) is 0 Å². The first-order valence-corrected chi connectivity index (χ1v) is 11.4. The van der Waals surface area contributed by atoms with Crippen molar-refractivity contribution in [2.24, 2.45) is 0 Å². The molecule has 182 valence electrons. The van der Waals surface area contributed by atoms with Crippen LogP contribution in [0, 0.1) is 0 Å². The van der Waals surface area contributed by atoms with Crippen LogP contribution in [0.4, 0.5) is 16.3 Å². The maximum absolute atomic E-state index is 12.8. The second-order valence-corrected chi connectivity index (χ2v) is 9.23. The topological polar surface area (TPSA) is 130 Å². The number of anilines is 2. The maximum atomic E-state index is 12.8. The number of imidazole rings is 1. The minimum atomic E-state index is -0.401. The second kappa shape index (κ2) is 9.06. The summed E-state index contributed by atoms with van der Waals surface area (Å²) in [6.45, 7) is 6.22. The summed E-state index contributed by atoms with van der Waals surface area (Å²) in [5, 5.41) is 10.4. The molecule has 0 aliphatic carbocycles. The fourth-order valence-electron chi connectivity index (χ4n) is 3.61. The minimum absolute atomic E-state index is 0.184. The van der Waals surface area contributed by atoms with E-state index in [1.54, 1.807) is 41.2 Å². The minimum Gasteiger partial charge on any atom is -0.455 e. The number of aromatic nitrogens is 5. The average Bonchev–Trinajstić information content (AvgIpc) is 3.44. The van der Waals surface area contributed by atoms with Crippen molar-refractivity contribution in [3.05, 3.63) is 89.1 Å². The van der Waals surface area contributed by atoms with Gasteiger partial charge < -0.3 is 15.0 Å².